The highest BCUT2D eigenvalue weighted by Gasteiger charge is 2.20. The molecule has 21 heavy (non-hydrogen) atoms. The first-order valence-corrected chi connectivity index (χ1v) is 7.18. The van der Waals surface area contributed by atoms with Crippen LogP contribution in [0.3, 0.4) is 0 Å². The molecule has 2 unspecified atom stereocenters. The summed E-state index contributed by atoms with van der Waals surface area (Å²) in [5.41, 5.74) is 8.50. The van der Waals surface area contributed by atoms with Crippen molar-refractivity contribution in [2.75, 3.05) is 20.8 Å². The van der Waals surface area contributed by atoms with E-state index in [2.05, 4.69) is 37.3 Å². The Morgan fingerprint density at radius 1 is 0.905 bits per heavy atom. The molecule has 0 aliphatic rings. The van der Waals surface area contributed by atoms with Crippen molar-refractivity contribution < 1.29 is 9.47 Å². The van der Waals surface area contributed by atoms with E-state index in [0.29, 0.717) is 12.5 Å². The van der Waals surface area contributed by atoms with Crippen LogP contribution in [-0.4, -0.2) is 20.8 Å². The van der Waals surface area contributed by atoms with Crippen LogP contribution in [0.5, 0.6) is 11.5 Å². The van der Waals surface area contributed by atoms with E-state index in [0.717, 1.165) is 11.5 Å². The van der Waals surface area contributed by atoms with Crippen LogP contribution in [0, 0.1) is 0 Å². The fourth-order valence-electron chi connectivity index (χ4n) is 2.70. The van der Waals surface area contributed by atoms with Crippen molar-refractivity contribution >= 4 is 0 Å². The highest BCUT2D eigenvalue weighted by atomic mass is 16.5. The number of ether oxygens (including phenoxy) is 2. The zero-order chi connectivity index (χ0) is 15.2. The van der Waals surface area contributed by atoms with Crippen molar-refractivity contribution in [1.29, 1.82) is 0 Å². The van der Waals surface area contributed by atoms with Gasteiger partial charge in [-0.1, -0.05) is 43.3 Å². The number of hydrogen-bond donors (Lipinski definition) is 1. The van der Waals surface area contributed by atoms with E-state index in [4.69, 9.17) is 15.2 Å². The average molecular weight is 285 g/mol. The van der Waals surface area contributed by atoms with E-state index < -0.39 is 0 Å². The van der Waals surface area contributed by atoms with E-state index in [1.165, 1.54) is 11.1 Å². The summed E-state index contributed by atoms with van der Waals surface area (Å²) in [6.07, 6.45) is 0. The van der Waals surface area contributed by atoms with Gasteiger partial charge in [0.05, 0.1) is 14.2 Å². The van der Waals surface area contributed by atoms with E-state index in [1.54, 1.807) is 14.2 Å². The lowest BCUT2D eigenvalue weighted by Gasteiger charge is -2.24. The van der Waals surface area contributed by atoms with Crippen LogP contribution in [0.15, 0.2) is 48.5 Å². The van der Waals surface area contributed by atoms with Crippen LogP contribution in [0.4, 0.5) is 0 Å². The summed E-state index contributed by atoms with van der Waals surface area (Å²) < 4.78 is 10.7. The van der Waals surface area contributed by atoms with Crippen LogP contribution >= 0.6 is 0 Å². The molecule has 3 heteroatoms. The van der Waals surface area contributed by atoms with Crippen molar-refractivity contribution in [1.82, 2.24) is 0 Å². The molecule has 0 aliphatic carbocycles. The first-order valence-electron chi connectivity index (χ1n) is 7.18. The first kappa shape index (κ1) is 15.4. The average Bonchev–Trinajstić information content (AvgIpc) is 2.56. The quantitative estimate of drug-likeness (QED) is 0.882. The predicted octanol–water partition coefficient (Wildman–Crippen LogP) is 3.55. The molecular formula is C18H23NO2. The normalized spacial score (nSPS) is 13.5. The number of hydrogen-bond acceptors (Lipinski definition) is 3. The molecule has 3 nitrogen and oxygen atoms in total. The van der Waals surface area contributed by atoms with Gasteiger partial charge < -0.3 is 15.2 Å². The largest absolute Gasteiger partial charge is 0.493 e. The summed E-state index contributed by atoms with van der Waals surface area (Å²) in [5.74, 6) is 2.07. The molecule has 2 N–H and O–H groups in total. The number of rotatable bonds is 6. The lowest BCUT2D eigenvalue weighted by atomic mass is 9.82. The monoisotopic (exact) mass is 285 g/mol. The molecule has 0 saturated heterocycles. The highest BCUT2D eigenvalue weighted by Crippen LogP contribution is 2.36. The number of methoxy groups -OCH3 is 2. The third kappa shape index (κ3) is 3.37. The summed E-state index contributed by atoms with van der Waals surface area (Å²) >= 11 is 0. The minimum Gasteiger partial charge on any atom is -0.493 e. The fourth-order valence-corrected chi connectivity index (χ4v) is 2.70. The van der Waals surface area contributed by atoms with Crippen molar-refractivity contribution in [2.24, 2.45) is 5.73 Å². The lowest BCUT2D eigenvalue weighted by Crippen LogP contribution is -2.18. The third-order valence-corrected chi connectivity index (χ3v) is 4.02. The van der Waals surface area contributed by atoms with Crippen LogP contribution in [0.1, 0.15) is 29.9 Å². The standard InChI is InChI=1S/C18H23NO2/c1-13(14-7-5-4-6-8-14)16(12-19)15-9-10-17(20-2)18(11-15)21-3/h4-11,13,16H,12,19H2,1-3H3. The second-order valence-corrected chi connectivity index (χ2v) is 5.16. The molecule has 0 heterocycles. The Morgan fingerprint density at radius 3 is 2.14 bits per heavy atom. The molecule has 0 aromatic heterocycles. The van der Waals surface area contributed by atoms with Crippen molar-refractivity contribution in [3.8, 4) is 11.5 Å². The van der Waals surface area contributed by atoms with Gasteiger partial charge in [0.1, 0.15) is 0 Å². The number of benzene rings is 2. The SMILES string of the molecule is COc1ccc(C(CN)C(C)c2ccccc2)cc1OC. The molecule has 2 rings (SSSR count). The molecule has 112 valence electrons. The smallest absolute Gasteiger partial charge is 0.160 e. The van der Waals surface area contributed by atoms with Crippen LogP contribution in [0.25, 0.3) is 0 Å². The molecule has 0 radical (unpaired) electrons. The third-order valence-electron chi connectivity index (χ3n) is 4.02. The van der Waals surface area contributed by atoms with Gasteiger partial charge in [0, 0.05) is 5.92 Å². The molecule has 0 spiro atoms. The first-order chi connectivity index (χ1) is 10.2. The highest BCUT2D eigenvalue weighted by molar-refractivity contribution is 5.44. The predicted molar refractivity (Wildman–Crippen MR) is 86.2 cm³/mol. The van der Waals surface area contributed by atoms with Gasteiger partial charge in [-0.3, -0.25) is 0 Å². The molecule has 0 saturated carbocycles. The van der Waals surface area contributed by atoms with Gasteiger partial charge in [-0.15, -0.1) is 0 Å². The van der Waals surface area contributed by atoms with Crippen molar-refractivity contribution in [3.05, 3.63) is 59.7 Å². The minimum atomic E-state index is 0.243. The van der Waals surface area contributed by atoms with Gasteiger partial charge >= 0.3 is 0 Å². The van der Waals surface area contributed by atoms with E-state index in [-0.39, 0.29) is 5.92 Å². The van der Waals surface area contributed by atoms with Crippen LogP contribution < -0.4 is 15.2 Å². The second kappa shape index (κ2) is 7.14. The summed E-state index contributed by atoms with van der Waals surface area (Å²) in [6, 6.07) is 16.5. The zero-order valence-electron chi connectivity index (χ0n) is 12.9. The second-order valence-electron chi connectivity index (χ2n) is 5.16. The molecule has 0 fully saturated rings. The molecular weight excluding hydrogens is 262 g/mol. The molecule has 0 bridgehead atoms. The summed E-state index contributed by atoms with van der Waals surface area (Å²) in [7, 11) is 3.30. The van der Waals surface area contributed by atoms with Gasteiger partial charge in [-0.2, -0.15) is 0 Å². The summed E-state index contributed by atoms with van der Waals surface area (Å²) in [5, 5.41) is 0. The summed E-state index contributed by atoms with van der Waals surface area (Å²) in [6.45, 7) is 2.80. The van der Waals surface area contributed by atoms with Gasteiger partial charge in [-0.25, -0.2) is 0 Å². The Labute approximate surface area is 126 Å². The minimum absolute atomic E-state index is 0.243. The lowest BCUT2D eigenvalue weighted by molar-refractivity contribution is 0.354. The van der Waals surface area contributed by atoms with Crippen molar-refractivity contribution in [2.45, 2.75) is 18.8 Å². The maximum absolute atomic E-state index is 6.03. The Balaban J connectivity index is 2.33. The molecule has 0 amide bonds. The Morgan fingerprint density at radius 2 is 1.57 bits per heavy atom. The van der Waals surface area contributed by atoms with Crippen LogP contribution in [-0.2, 0) is 0 Å². The Hall–Kier alpha value is -2.00. The molecule has 2 atom stereocenters. The van der Waals surface area contributed by atoms with Gasteiger partial charge in [-0.05, 0) is 35.7 Å². The van der Waals surface area contributed by atoms with Gasteiger partial charge in [0.2, 0.25) is 0 Å². The topological polar surface area (TPSA) is 44.5 Å². The van der Waals surface area contributed by atoms with E-state index in [9.17, 15) is 0 Å². The molecule has 2 aromatic carbocycles. The van der Waals surface area contributed by atoms with Crippen molar-refractivity contribution in [3.63, 3.8) is 0 Å². The Kier molecular flexibility index (Phi) is 5.23. The molecule has 0 aliphatic heterocycles. The summed E-state index contributed by atoms with van der Waals surface area (Å²) in [4.78, 5) is 0. The van der Waals surface area contributed by atoms with Gasteiger partial charge in [0.25, 0.3) is 0 Å². The Bertz CT molecular complexity index is 569. The van der Waals surface area contributed by atoms with E-state index in [1.807, 2.05) is 18.2 Å². The number of nitrogens with two attached hydrogens (primary N) is 1. The van der Waals surface area contributed by atoms with E-state index >= 15 is 0 Å². The fraction of sp³-hybridized carbons (Fsp3) is 0.333. The molecule has 2 aromatic rings. The van der Waals surface area contributed by atoms with Crippen LogP contribution in [0.2, 0.25) is 0 Å². The van der Waals surface area contributed by atoms with Gasteiger partial charge in [0.15, 0.2) is 11.5 Å². The maximum atomic E-state index is 6.03. The maximum Gasteiger partial charge on any atom is 0.160 e. The zero-order valence-corrected chi connectivity index (χ0v) is 12.9.